The Morgan fingerprint density at radius 1 is 1.35 bits per heavy atom. The molecule has 1 amide bonds. The largest absolute Gasteiger partial charge is 0.374 e. The summed E-state index contributed by atoms with van der Waals surface area (Å²) in [6.45, 7) is 4.74. The molecule has 1 atom stereocenters. The summed E-state index contributed by atoms with van der Waals surface area (Å²) < 4.78 is 0. The van der Waals surface area contributed by atoms with Gasteiger partial charge >= 0.3 is 0 Å². The summed E-state index contributed by atoms with van der Waals surface area (Å²) in [5.41, 5.74) is 2.37. The van der Waals surface area contributed by atoms with E-state index in [1.165, 1.54) is 0 Å². The van der Waals surface area contributed by atoms with Gasteiger partial charge in [-0.1, -0.05) is 6.08 Å². The summed E-state index contributed by atoms with van der Waals surface area (Å²) in [5.74, 6) is 0.694. The first-order chi connectivity index (χ1) is 15.1. The van der Waals surface area contributed by atoms with E-state index in [1.807, 2.05) is 43.1 Å². The Bertz CT molecular complexity index is 956. The molecule has 8 nitrogen and oxygen atoms in total. The smallest absolute Gasteiger partial charge is 0.273 e. The molecule has 1 aliphatic rings. The molecule has 1 saturated heterocycles. The number of anilines is 2. The van der Waals surface area contributed by atoms with E-state index in [4.69, 9.17) is 0 Å². The van der Waals surface area contributed by atoms with E-state index >= 15 is 0 Å². The molecule has 31 heavy (non-hydrogen) atoms. The molecule has 0 bridgehead atoms. The highest BCUT2D eigenvalue weighted by Gasteiger charge is 2.28. The van der Waals surface area contributed by atoms with E-state index in [0.29, 0.717) is 31.1 Å². The van der Waals surface area contributed by atoms with Crippen LogP contribution in [0, 0.1) is 0 Å². The van der Waals surface area contributed by atoms with Gasteiger partial charge in [-0.05, 0) is 50.6 Å². The van der Waals surface area contributed by atoms with Crippen LogP contribution in [0.15, 0.2) is 47.5 Å². The average molecular weight is 425 g/mol. The quantitative estimate of drug-likeness (QED) is 0.562. The number of H-pyrrole nitrogens is 1. The SMILES string of the molecule is CCN(c1cc(-c2ccncc2)c(NC)[nH]c1=O)[C@@H]1CCCN(C(=O)/C=C/CNC)C1. The van der Waals surface area contributed by atoms with Crippen LogP contribution in [0.1, 0.15) is 19.8 Å². The number of carbonyl (C=O) groups excluding carboxylic acids is 1. The molecule has 3 rings (SSSR count). The number of pyridine rings is 2. The Morgan fingerprint density at radius 2 is 2.13 bits per heavy atom. The second-order valence-electron chi connectivity index (χ2n) is 7.58. The van der Waals surface area contributed by atoms with E-state index in [2.05, 4.69) is 25.5 Å². The van der Waals surface area contributed by atoms with E-state index in [1.54, 1.807) is 25.5 Å². The van der Waals surface area contributed by atoms with Gasteiger partial charge in [-0.15, -0.1) is 0 Å². The normalized spacial score (nSPS) is 16.5. The molecule has 166 valence electrons. The fraction of sp³-hybridized carbons (Fsp3) is 0.435. The maximum Gasteiger partial charge on any atom is 0.273 e. The minimum absolute atomic E-state index is 0.0212. The van der Waals surface area contributed by atoms with Crippen LogP contribution in [0.5, 0.6) is 0 Å². The topological polar surface area (TPSA) is 93.4 Å². The summed E-state index contributed by atoms with van der Waals surface area (Å²) in [6.07, 6.45) is 8.80. The Kier molecular flexibility index (Phi) is 7.83. The molecular weight excluding hydrogens is 392 g/mol. The zero-order valence-electron chi connectivity index (χ0n) is 18.5. The predicted molar refractivity (Wildman–Crippen MR) is 126 cm³/mol. The van der Waals surface area contributed by atoms with Crippen LogP contribution in [-0.4, -0.2) is 67.1 Å². The summed E-state index contributed by atoms with van der Waals surface area (Å²) in [7, 11) is 3.64. The van der Waals surface area contributed by atoms with Crippen molar-refractivity contribution in [2.24, 2.45) is 0 Å². The molecule has 2 aromatic rings. The minimum Gasteiger partial charge on any atom is -0.374 e. The lowest BCUT2D eigenvalue weighted by molar-refractivity contribution is -0.127. The van der Waals surface area contributed by atoms with Gasteiger partial charge in [0.05, 0.1) is 0 Å². The summed E-state index contributed by atoms with van der Waals surface area (Å²) in [6, 6.07) is 5.88. The van der Waals surface area contributed by atoms with Crippen molar-refractivity contribution in [3.05, 3.63) is 53.1 Å². The van der Waals surface area contributed by atoms with Crippen LogP contribution in [0.25, 0.3) is 11.1 Å². The van der Waals surface area contributed by atoms with Crippen LogP contribution in [0.3, 0.4) is 0 Å². The third-order valence-corrected chi connectivity index (χ3v) is 5.64. The van der Waals surface area contributed by atoms with Crippen LogP contribution in [-0.2, 0) is 4.79 Å². The monoisotopic (exact) mass is 424 g/mol. The molecule has 0 unspecified atom stereocenters. The number of nitrogens with one attached hydrogen (secondary N) is 3. The van der Waals surface area contributed by atoms with E-state index in [0.717, 1.165) is 30.5 Å². The summed E-state index contributed by atoms with van der Waals surface area (Å²) in [4.78, 5) is 36.6. The maximum atomic E-state index is 13.0. The molecular formula is C23H32N6O2. The fourth-order valence-corrected chi connectivity index (χ4v) is 4.11. The van der Waals surface area contributed by atoms with Gasteiger partial charge in [0.1, 0.15) is 11.5 Å². The molecule has 1 aliphatic heterocycles. The molecule has 0 aromatic carbocycles. The van der Waals surface area contributed by atoms with Crippen molar-refractivity contribution in [1.29, 1.82) is 0 Å². The molecule has 0 spiro atoms. The van der Waals surface area contributed by atoms with Crippen molar-refractivity contribution in [3.8, 4) is 11.1 Å². The van der Waals surface area contributed by atoms with Gasteiger partial charge in [0, 0.05) is 63.3 Å². The second-order valence-corrected chi connectivity index (χ2v) is 7.58. The first-order valence-electron chi connectivity index (χ1n) is 10.8. The summed E-state index contributed by atoms with van der Waals surface area (Å²) >= 11 is 0. The molecule has 8 heteroatoms. The van der Waals surface area contributed by atoms with Gasteiger partial charge in [-0.3, -0.25) is 14.6 Å². The number of piperidine rings is 1. The third kappa shape index (κ3) is 5.32. The minimum atomic E-state index is -0.138. The number of nitrogens with zero attached hydrogens (tertiary/aromatic N) is 3. The molecule has 1 fully saturated rings. The van der Waals surface area contributed by atoms with Crippen LogP contribution < -0.4 is 21.1 Å². The van der Waals surface area contributed by atoms with Crippen molar-refractivity contribution >= 4 is 17.4 Å². The number of likely N-dealkylation sites (tertiary alicyclic amines) is 1. The van der Waals surface area contributed by atoms with Crippen molar-refractivity contribution in [3.63, 3.8) is 0 Å². The lowest BCUT2D eigenvalue weighted by Crippen LogP contribution is -2.50. The van der Waals surface area contributed by atoms with Gasteiger partial charge in [0.2, 0.25) is 5.91 Å². The molecule has 0 aliphatic carbocycles. The van der Waals surface area contributed by atoms with Crippen LogP contribution >= 0.6 is 0 Å². The standard InChI is InChI=1S/C23H32N6O2/c1-4-29(18-7-6-14-28(16-18)21(30)8-5-11-24-2)20-15-19(17-9-12-26-13-10-17)22(25-3)27-23(20)31/h5,8-10,12-13,15,18,24H,4,6-7,11,14,16H2,1-3H3,(H2,25,27,31)/b8-5+/t18-/m1/s1. The fourth-order valence-electron chi connectivity index (χ4n) is 4.11. The van der Waals surface area contributed by atoms with Gasteiger partial charge in [-0.2, -0.15) is 0 Å². The Hall–Kier alpha value is -3.13. The Labute approximate surface area is 183 Å². The van der Waals surface area contributed by atoms with E-state index < -0.39 is 0 Å². The molecule has 3 heterocycles. The Balaban J connectivity index is 1.89. The van der Waals surface area contributed by atoms with Crippen molar-refractivity contribution in [1.82, 2.24) is 20.2 Å². The second kappa shape index (κ2) is 10.8. The third-order valence-electron chi connectivity index (χ3n) is 5.64. The first-order valence-corrected chi connectivity index (χ1v) is 10.8. The maximum absolute atomic E-state index is 13.0. The lowest BCUT2D eigenvalue weighted by atomic mass is 10.0. The number of aromatic amines is 1. The highest BCUT2D eigenvalue weighted by Crippen LogP contribution is 2.29. The van der Waals surface area contributed by atoms with Gasteiger partial charge < -0.3 is 25.4 Å². The first kappa shape index (κ1) is 22.6. The average Bonchev–Trinajstić information content (AvgIpc) is 2.81. The number of carbonyl (C=O) groups is 1. The van der Waals surface area contributed by atoms with E-state index in [9.17, 15) is 9.59 Å². The predicted octanol–water partition coefficient (Wildman–Crippen LogP) is 2.07. The van der Waals surface area contributed by atoms with Gasteiger partial charge in [0.15, 0.2) is 0 Å². The zero-order valence-corrected chi connectivity index (χ0v) is 18.5. The molecule has 0 saturated carbocycles. The van der Waals surface area contributed by atoms with Crippen molar-refractivity contribution in [2.45, 2.75) is 25.8 Å². The van der Waals surface area contributed by atoms with Crippen molar-refractivity contribution in [2.75, 3.05) is 50.5 Å². The summed E-state index contributed by atoms with van der Waals surface area (Å²) in [5, 5.41) is 6.09. The van der Waals surface area contributed by atoms with Gasteiger partial charge in [0.25, 0.3) is 5.56 Å². The van der Waals surface area contributed by atoms with Crippen LogP contribution in [0.4, 0.5) is 11.5 Å². The number of amides is 1. The zero-order chi connectivity index (χ0) is 22.2. The number of hydrogen-bond donors (Lipinski definition) is 3. The number of aromatic nitrogens is 2. The number of hydrogen-bond acceptors (Lipinski definition) is 6. The van der Waals surface area contributed by atoms with Crippen LogP contribution in [0.2, 0.25) is 0 Å². The number of likely N-dealkylation sites (N-methyl/N-ethyl adjacent to an activating group) is 2. The van der Waals surface area contributed by atoms with E-state index in [-0.39, 0.29) is 17.5 Å². The lowest BCUT2D eigenvalue weighted by Gasteiger charge is -2.39. The molecule has 3 N–H and O–H groups in total. The Morgan fingerprint density at radius 3 is 2.81 bits per heavy atom. The highest BCUT2D eigenvalue weighted by atomic mass is 16.2. The highest BCUT2D eigenvalue weighted by molar-refractivity contribution is 5.87. The molecule has 2 aromatic heterocycles. The number of rotatable bonds is 8. The van der Waals surface area contributed by atoms with Gasteiger partial charge in [-0.25, -0.2) is 0 Å². The van der Waals surface area contributed by atoms with Crippen molar-refractivity contribution < 1.29 is 4.79 Å². The molecule has 0 radical (unpaired) electrons.